The number of hydrogen-bond acceptors (Lipinski definition) is 6. The Morgan fingerprint density at radius 2 is 1.87 bits per heavy atom. The molecule has 0 radical (unpaired) electrons. The van der Waals surface area contributed by atoms with Crippen LogP contribution in [0.15, 0.2) is 53.7 Å². The van der Waals surface area contributed by atoms with Gasteiger partial charge in [-0.1, -0.05) is 60.5 Å². The van der Waals surface area contributed by atoms with Gasteiger partial charge >= 0.3 is 0 Å². The molecule has 1 aliphatic rings. The fourth-order valence-corrected chi connectivity index (χ4v) is 4.77. The van der Waals surface area contributed by atoms with Crippen molar-refractivity contribution in [3.63, 3.8) is 0 Å². The summed E-state index contributed by atoms with van der Waals surface area (Å²) in [6, 6.07) is 13.8. The molecule has 8 nitrogen and oxygen atoms in total. The van der Waals surface area contributed by atoms with Gasteiger partial charge in [-0.25, -0.2) is 0 Å². The van der Waals surface area contributed by atoms with Crippen LogP contribution in [0, 0.1) is 10.1 Å². The molecule has 0 saturated heterocycles. The molecular formula is C21H20ClN5O3S. The third-order valence-electron chi connectivity index (χ3n) is 5.18. The molecule has 3 aromatic rings. The molecule has 1 amide bonds. The molecule has 4 rings (SSSR count). The number of halogens is 1. The highest BCUT2D eigenvalue weighted by atomic mass is 35.5. The van der Waals surface area contributed by atoms with Crippen LogP contribution in [-0.2, 0) is 4.79 Å². The number of amides is 1. The number of hydrogen-bond donors (Lipinski definition) is 1. The van der Waals surface area contributed by atoms with Crippen LogP contribution in [0.3, 0.4) is 0 Å². The Morgan fingerprint density at radius 3 is 2.61 bits per heavy atom. The minimum absolute atomic E-state index is 0.0550. The number of nitro benzene ring substituents is 1. The molecule has 0 aliphatic heterocycles. The number of nitro groups is 1. The molecule has 2 aromatic carbocycles. The second-order valence-corrected chi connectivity index (χ2v) is 8.56. The Balaban J connectivity index is 1.54. The van der Waals surface area contributed by atoms with Gasteiger partial charge in [0.1, 0.15) is 5.69 Å². The number of anilines is 1. The van der Waals surface area contributed by atoms with Crippen molar-refractivity contribution in [3.8, 4) is 11.4 Å². The summed E-state index contributed by atoms with van der Waals surface area (Å²) in [7, 11) is 0. The lowest BCUT2D eigenvalue weighted by Gasteiger charge is -2.17. The highest BCUT2D eigenvalue weighted by Gasteiger charge is 2.26. The van der Waals surface area contributed by atoms with Crippen molar-refractivity contribution >= 4 is 40.6 Å². The summed E-state index contributed by atoms with van der Waals surface area (Å²) in [5.41, 5.74) is 0.836. The van der Waals surface area contributed by atoms with E-state index in [9.17, 15) is 14.9 Å². The van der Waals surface area contributed by atoms with Gasteiger partial charge < -0.3 is 5.32 Å². The molecule has 160 valence electrons. The molecule has 1 heterocycles. The molecule has 1 fully saturated rings. The summed E-state index contributed by atoms with van der Waals surface area (Å²) in [5, 5.41) is 23.7. The maximum absolute atomic E-state index is 12.5. The average molecular weight is 458 g/mol. The number of rotatable bonds is 7. The van der Waals surface area contributed by atoms with Crippen LogP contribution < -0.4 is 5.32 Å². The quantitative estimate of drug-likeness (QED) is 0.291. The SMILES string of the molecule is O=C(CSc1nnc(-c2ccccc2Cl)n1C1CCCC1)Nc1ccccc1[N+](=O)[O-]. The molecule has 1 saturated carbocycles. The second-order valence-electron chi connectivity index (χ2n) is 7.21. The third-order valence-corrected chi connectivity index (χ3v) is 6.45. The minimum Gasteiger partial charge on any atom is -0.320 e. The van der Waals surface area contributed by atoms with E-state index < -0.39 is 4.92 Å². The monoisotopic (exact) mass is 457 g/mol. The summed E-state index contributed by atoms with van der Waals surface area (Å²) < 4.78 is 2.08. The van der Waals surface area contributed by atoms with E-state index in [1.54, 1.807) is 12.1 Å². The Labute approximate surface area is 188 Å². The first-order valence-corrected chi connectivity index (χ1v) is 11.3. The lowest BCUT2D eigenvalue weighted by Crippen LogP contribution is -2.16. The van der Waals surface area contributed by atoms with Crippen LogP contribution in [0.5, 0.6) is 0 Å². The molecule has 10 heteroatoms. The van der Waals surface area contributed by atoms with Crippen molar-refractivity contribution in [2.45, 2.75) is 36.9 Å². The minimum atomic E-state index is -0.518. The van der Waals surface area contributed by atoms with E-state index in [2.05, 4.69) is 20.1 Å². The molecular weight excluding hydrogens is 438 g/mol. The van der Waals surface area contributed by atoms with Gasteiger partial charge in [0.15, 0.2) is 11.0 Å². The Kier molecular flexibility index (Phi) is 6.53. The van der Waals surface area contributed by atoms with Crippen molar-refractivity contribution in [1.29, 1.82) is 0 Å². The van der Waals surface area contributed by atoms with Crippen LogP contribution in [-0.4, -0.2) is 31.3 Å². The molecule has 0 atom stereocenters. The van der Waals surface area contributed by atoms with Crippen molar-refractivity contribution < 1.29 is 9.72 Å². The normalized spacial score (nSPS) is 14.0. The standard InChI is InChI=1S/C21H20ClN5O3S/c22-16-10-4-3-9-15(16)20-24-25-21(26(20)14-7-1-2-8-14)31-13-19(28)23-17-11-5-6-12-18(17)27(29)30/h3-6,9-12,14H,1-2,7-8,13H2,(H,23,28). The van der Waals surface area contributed by atoms with Crippen molar-refractivity contribution in [2.24, 2.45) is 0 Å². The molecule has 0 spiro atoms. The zero-order valence-electron chi connectivity index (χ0n) is 16.5. The van der Waals surface area contributed by atoms with E-state index in [0.717, 1.165) is 31.2 Å². The Hall–Kier alpha value is -2.91. The van der Waals surface area contributed by atoms with Crippen LogP contribution >= 0.6 is 23.4 Å². The van der Waals surface area contributed by atoms with E-state index in [1.807, 2.05) is 24.3 Å². The molecule has 31 heavy (non-hydrogen) atoms. The summed E-state index contributed by atoms with van der Waals surface area (Å²) in [6.45, 7) is 0. The molecule has 0 bridgehead atoms. The van der Waals surface area contributed by atoms with Gasteiger partial charge in [-0.2, -0.15) is 0 Å². The molecule has 1 aromatic heterocycles. The van der Waals surface area contributed by atoms with Gasteiger partial charge in [-0.05, 0) is 31.0 Å². The first-order chi connectivity index (χ1) is 15.0. The number of benzene rings is 2. The van der Waals surface area contributed by atoms with Gasteiger partial charge in [0, 0.05) is 17.7 Å². The molecule has 1 N–H and O–H groups in total. The van der Waals surface area contributed by atoms with Gasteiger partial charge in [0.2, 0.25) is 5.91 Å². The van der Waals surface area contributed by atoms with Gasteiger partial charge in [-0.15, -0.1) is 10.2 Å². The van der Waals surface area contributed by atoms with E-state index in [-0.39, 0.29) is 29.1 Å². The van der Waals surface area contributed by atoms with E-state index in [0.29, 0.717) is 16.0 Å². The van der Waals surface area contributed by atoms with Crippen molar-refractivity contribution in [1.82, 2.24) is 14.8 Å². The Bertz CT molecular complexity index is 1110. The predicted molar refractivity (Wildman–Crippen MR) is 120 cm³/mol. The van der Waals surface area contributed by atoms with Gasteiger partial charge in [0.25, 0.3) is 5.69 Å². The third kappa shape index (κ3) is 4.72. The van der Waals surface area contributed by atoms with E-state index >= 15 is 0 Å². The zero-order valence-corrected chi connectivity index (χ0v) is 18.1. The van der Waals surface area contributed by atoms with Crippen LogP contribution in [0.4, 0.5) is 11.4 Å². The van der Waals surface area contributed by atoms with Gasteiger partial charge in [-0.3, -0.25) is 19.5 Å². The average Bonchev–Trinajstić information content (AvgIpc) is 3.42. The summed E-state index contributed by atoms with van der Waals surface area (Å²) in [4.78, 5) is 23.1. The smallest absolute Gasteiger partial charge is 0.292 e. The predicted octanol–water partition coefficient (Wildman–Crippen LogP) is 5.35. The van der Waals surface area contributed by atoms with Crippen molar-refractivity contribution in [2.75, 3.05) is 11.1 Å². The number of aromatic nitrogens is 3. The van der Waals surface area contributed by atoms with Gasteiger partial charge in [0.05, 0.1) is 15.7 Å². The lowest BCUT2D eigenvalue weighted by atomic mass is 10.2. The first kappa shape index (κ1) is 21.3. The number of nitrogens with zero attached hydrogens (tertiary/aromatic N) is 4. The number of nitrogens with one attached hydrogen (secondary N) is 1. The maximum atomic E-state index is 12.5. The largest absolute Gasteiger partial charge is 0.320 e. The number of carbonyl (C=O) groups is 1. The summed E-state index contributed by atoms with van der Waals surface area (Å²) in [5.74, 6) is 0.401. The van der Waals surface area contributed by atoms with Crippen LogP contribution in [0.2, 0.25) is 5.02 Å². The first-order valence-electron chi connectivity index (χ1n) is 9.90. The fraction of sp³-hybridized carbons (Fsp3) is 0.286. The number of thioether (sulfide) groups is 1. The highest BCUT2D eigenvalue weighted by molar-refractivity contribution is 7.99. The number of para-hydroxylation sites is 2. The fourth-order valence-electron chi connectivity index (χ4n) is 3.75. The zero-order chi connectivity index (χ0) is 21.8. The lowest BCUT2D eigenvalue weighted by molar-refractivity contribution is -0.383. The van der Waals surface area contributed by atoms with Crippen LogP contribution in [0.25, 0.3) is 11.4 Å². The number of carbonyl (C=O) groups excluding carboxylic acids is 1. The van der Waals surface area contributed by atoms with E-state index in [1.165, 1.54) is 23.9 Å². The van der Waals surface area contributed by atoms with Crippen LogP contribution in [0.1, 0.15) is 31.7 Å². The highest BCUT2D eigenvalue weighted by Crippen LogP contribution is 2.38. The molecule has 1 aliphatic carbocycles. The molecule has 0 unspecified atom stereocenters. The second kappa shape index (κ2) is 9.49. The van der Waals surface area contributed by atoms with E-state index in [4.69, 9.17) is 11.6 Å². The topological polar surface area (TPSA) is 103 Å². The Morgan fingerprint density at radius 1 is 1.16 bits per heavy atom. The maximum Gasteiger partial charge on any atom is 0.292 e. The summed E-state index contributed by atoms with van der Waals surface area (Å²) >= 11 is 7.66. The van der Waals surface area contributed by atoms with Crippen molar-refractivity contribution in [3.05, 3.63) is 63.7 Å². The summed E-state index contributed by atoms with van der Waals surface area (Å²) in [6.07, 6.45) is 4.30.